The molecule has 6 nitrogen and oxygen atoms in total. The molecule has 9 heteroatoms. The van der Waals surface area contributed by atoms with E-state index < -0.39 is 10.0 Å². The SMILES string of the molecule is COc1ccc(N(CCCC(=O)Nc2ccc(Cl)cc2)S(C)(=O)=O)cc1Cl. The highest BCUT2D eigenvalue weighted by Crippen LogP contribution is 2.30. The summed E-state index contributed by atoms with van der Waals surface area (Å²) in [5.41, 5.74) is 1.05. The van der Waals surface area contributed by atoms with Crippen LogP contribution in [-0.4, -0.2) is 34.2 Å². The first-order valence-electron chi connectivity index (χ1n) is 8.07. The summed E-state index contributed by atoms with van der Waals surface area (Å²) in [5.74, 6) is 0.245. The van der Waals surface area contributed by atoms with Gasteiger partial charge in [0.05, 0.1) is 24.1 Å². The predicted molar refractivity (Wildman–Crippen MR) is 110 cm³/mol. The maximum Gasteiger partial charge on any atom is 0.232 e. The first-order valence-corrected chi connectivity index (χ1v) is 10.7. The molecule has 0 unspecified atom stereocenters. The second kappa shape index (κ2) is 9.30. The quantitative estimate of drug-likeness (QED) is 0.680. The van der Waals surface area contributed by atoms with Crippen LogP contribution in [0, 0.1) is 0 Å². The van der Waals surface area contributed by atoms with Gasteiger partial charge in [-0.2, -0.15) is 0 Å². The molecule has 0 radical (unpaired) electrons. The fourth-order valence-electron chi connectivity index (χ4n) is 2.44. The molecule has 1 N–H and O–H groups in total. The molecule has 146 valence electrons. The van der Waals surface area contributed by atoms with Crippen molar-refractivity contribution < 1.29 is 17.9 Å². The molecule has 2 aromatic carbocycles. The normalized spacial score (nSPS) is 11.1. The van der Waals surface area contributed by atoms with Crippen molar-refractivity contribution in [1.29, 1.82) is 0 Å². The number of carbonyl (C=O) groups excluding carboxylic acids is 1. The Morgan fingerprint density at radius 1 is 1.15 bits per heavy atom. The van der Waals surface area contributed by atoms with Crippen molar-refractivity contribution in [3.8, 4) is 5.75 Å². The third-order valence-electron chi connectivity index (χ3n) is 3.72. The number of ether oxygens (including phenoxy) is 1. The van der Waals surface area contributed by atoms with E-state index in [2.05, 4.69) is 5.32 Å². The monoisotopic (exact) mass is 430 g/mol. The summed E-state index contributed by atoms with van der Waals surface area (Å²) >= 11 is 11.9. The van der Waals surface area contributed by atoms with Gasteiger partial charge in [-0.15, -0.1) is 0 Å². The van der Waals surface area contributed by atoms with Crippen molar-refractivity contribution in [3.05, 3.63) is 52.5 Å². The molecule has 0 bridgehead atoms. The average molecular weight is 431 g/mol. The maximum atomic E-state index is 12.1. The van der Waals surface area contributed by atoms with Crippen molar-refractivity contribution >= 4 is 50.5 Å². The number of anilines is 2. The number of methoxy groups -OCH3 is 1. The number of halogens is 2. The summed E-state index contributed by atoms with van der Waals surface area (Å²) in [6, 6.07) is 11.5. The van der Waals surface area contributed by atoms with Crippen LogP contribution in [0.2, 0.25) is 10.0 Å². The summed E-state index contributed by atoms with van der Waals surface area (Å²) in [6.45, 7) is 0.148. The molecule has 0 saturated heterocycles. The molecule has 0 saturated carbocycles. The van der Waals surface area contributed by atoms with Crippen molar-refractivity contribution in [1.82, 2.24) is 0 Å². The van der Waals surface area contributed by atoms with Gasteiger partial charge in [-0.3, -0.25) is 9.10 Å². The number of rotatable bonds is 8. The summed E-state index contributed by atoms with van der Waals surface area (Å²) < 4.78 is 30.6. The molecule has 27 heavy (non-hydrogen) atoms. The van der Waals surface area contributed by atoms with E-state index in [9.17, 15) is 13.2 Å². The average Bonchev–Trinajstić information content (AvgIpc) is 2.59. The van der Waals surface area contributed by atoms with E-state index >= 15 is 0 Å². The molecule has 0 aliphatic heterocycles. The van der Waals surface area contributed by atoms with E-state index in [1.807, 2.05) is 0 Å². The van der Waals surface area contributed by atoms with Crippen LogP contribution in [-0.2, 0) is 14.8 Å². The highest BCUT2D eigenvalue weighted by atomic mass is 35.5. The van der Waals surface area contributed by atoms with E-state index in [0.29, 0.717) is 33.6 Å². The highest BCUT2D eigenvalue weighted by Gasteiger charge is 2.19. The van der Waals surface area contributed by atoms with Crippen molar-refractivity contribution in [2.45, 2.75) is 12.8 Å². The second-order valence-electron chi connectivity index (χ2n) is 5.81. The van der Waals surface area contributed by atoms with Gasteiger partial charge in [-0.05, 0) is 48.9 Å². The molecule has 0 spiro atoms. The number of benzene rings is 2. The number of hydrogen-bond donors (Lipinski definition) is 1. The van der Waals surface area contributed by atoms with Gasteiger partial charge in [0.15, 0.2) is 0 Å². The van der Waals surface area contributed by atoms with E-state index in [1.54, 1.807) is 36.4 Å². The Labute approximate surface area is 169 Å². The molecule has 0 atom stereocenters. The first kappa shape index (κ1) is 21.3. The van der Waals surface area contributed by atoms with Crippen molar-refractivity contribution in [2.24, 2.45) is 0 Å². The molecular weight excluding hydrogens is 411 g/mol. The van der Waals surface area contributed by atoms with Crippen molar-refractivity contribution in [2.75, 3.05) is 29.5 Å². The molecule has 0 heterocycles. The molecule has 0 aliphatic carbocycles. The predicted octanol–water partition coefficient (Wildman–Crippen LogP) is 4.19. The van der Waals surface area contributed by atoms with E-state index in [0.717, 1.165) is 6.26 Å². The van der Waals surface area contributed by atoms with Gasteiger partial charge in [0.25, 0.3) is 0 Å². The number of amides is 1. The highest BCUT2D eigenvalue weighted by molar-refractivity contribution is 7.92. The summed E-state index contributed by atoms with van der Waals surface area (Å²) in [4.78, 5) is 12.1. The second-order valence-corrected chi connectivity index (χ2v) is 8.56. The van der Waals surface area contributed by atoms with Crippen LogP contribution in [0.1, 0.15) is 12.8 Å². The number of nitrogens with zero attached hydrogens (tertiary/aromatic N) is 1. The van der Waals surface area contributed by atoms with Crippen molar-refractivity contribution in [3.63, 3.8) is 0 Å². The van der Waals surface area contributed by atoms with Crippen LogP contribution in [0.15, 0.2) is 42.5 Å². The number of sulfonamides is 1. The summed E-state index contributed by atoms with van der Waals surface area (Å²) in [7, 11) is -2.05. The smallest absolute Gasteiger partial charge is 0.232 e. The Balaban J connectivity index is 2.00. The van der Waals surface area contributed by atoms with Gasteiger partial charge in [0.2, 0.25) is 15.9 Å². The van der Waals surface area contributed by atoms with Gasteiger partial charge in [0.1, 0.15) is 5.75 Å². The Morgan fingerprint density at radius 2 is 1.81 bits per heavy atom. The largest absolute Gasteiger partial charge is 0.495 e. The lowest BCUT2D eigenvalue weighted by Gasteiger charge is -2.23. The van der Waals surface area contributed by atoms with Gasteiger partial charge in [-0.25, -0.2) is 8.42 Å². The Morgan fingerprint density at radius 3 is 2.37 bits per heavy atom. The van der Waals surface area contributed by atoms with Crippen LogP contribution in [0.25, 0.3) is 0 Å². The molecular formula is C18H20Cl2N2O4S. The third kappa shape index (κ3) is 6.30. The first-order chi connectivity index (χ1) is 12.7. The Bertz CT molecular complexity index is 902. The molecule has 2 aromatic rings. The van der Waals surface area contributed by atoms with Gasteiger partial charge < -0.3 is 10.1 Å². The third-order valence-corrected chi connectivity index (χ3v) is 5.46. The molecule has 0 aromatic heterocycles. The fourth-order valence-corrected chi connectivity index (χ4v) is 3.77. The van der Waals surface area contributed by atoms with Crippen LogP contribution in [0.5, 0.6) is 5.75 Å². The van der Waals surface area contributed by atoms with E-state index in [-0.39, 0.29) is 18.9 Å². The molecule has 2 rings (SSSR count). The molecule has 1 amide bonds. The zero-order valence-electron chi connectivity index (χ0n) is 14.9. The minimum atomic E-state index is -3.53. The minimum absolute atomic E-state index is 0.148. The van der Waals surface area contributed by atoms with Crippen LogP contribution in [0.4, 0.5) is 11.4 Å². The number of hydrogen-bond acceptors (Lipinski definition) is 4. The van der Waals surface area contributed by atoms with Crippen LogP contribution >= 0.6 is 23.2 Å². The summed E-state index contributed by atoms with van der Waals surface area (Å²) in [5, 5.41) is 3.63. The standard InChI is InChI=1S/C18H20Cl2N2O4S/c1-26-17-10-9-15(12-16(17)20)22(27(2,24)25)11-3-4-18(23)21-14-7-5-13(19)6-8-14/h5-10,12H,3-4,11H2,1-2H3,(H,21,23). The Hall–Kier alpha value is -1.96. The minimum Gasteiger partial charge on any atom is -0.495 e. The zero-order chi connectivity index (χ0) is 20.0. The molecule has 0 aliphatic rings. The Kier molecular flexibility index (Phi) is 7.35. The van der Waals surface area contributed by atoms with Gasteiger partial charge in [-0.1, -0.05) is 23.2 Å². The van der Waals surface area contributed by atoms with Gasteiger partial charge >= 0.3 is 0 Å². The van der Waals surface area contributed by atoms with Crippen LogP contribution in [0.3, 0.4) is 0 Å². The van der Waals surface area contributed by atoms with E-state index in [1.165, 1.54) is 17.5 Å². The zero-order valence-corrected chi connectivity index (χ0v) is 17.2. The summed E-state index contributed by atoms with van der Waals surface area (Å²) in [6.07, 6.45) is 1.62. The number of carbonyl (C=O) groups is 1. The lowest BCUT2D eigenvalue weighted by Crippen LogP contribution is -2.31. The number of nitrogens with one attached hydrogen (secondary N) is 1. The van der Waals surface area contributed by atoms with Gasteiger partial charge in [0, 0.05) is 23.7 Å². The van der Waals surface area contributed by atoms with Crippen LogP contribution < -0.4 is 14.4 Å². The lowest BCUT2D eigenvalue weighted by molar-refractivity contribution is -0.116. The lowest BCUT2D eigenvalue weighted by atomic mass is 10.2. The topological polar surface area (TPSA) is 75.7 Å². The fraction of sp³-hybridized carbons (Fsp3) is 0.278. The molecule has 0 fully saturated rings. The van der Waals surface area contributed by atoms with E-state index in [4.69, 9.17) is 27.9 Å². The maximum absolute atomic E-state index is 12.1.